The van der Waals surface area contributed by atoms with Crippen LogP contribution in [0.2, 0.25) is 0 Å². The molecule has 1 aromatic heterocycles. The molecule has 0 unspecified atom stereocenters. The molecule has 1 atom stereocenters. The van der Waals surface area contributed by atoms with Gasteiger partial charge in [-0.3, -0.25) is 14.7 Å². The molecule has 4 aromatic rings. The van der Waals surface area contributed by atoms with Crippen LogP contribution in [0.15, 0.2) is 78.0 Å². The molecule has 3 aromatic carbocycles. The molecule has 0 amide bonds. The van der Waals surface area contributed by atoms with Crippen LogP contribution < -0.4 is 4.74 Å². The van der Waals surface area contributed by atoms with Gasteiger partial charge in [0, 0.05) is 10.6 Å². The predicted octanol–water partition coefficient (Wildman–Crippen LogP) is 5.71. The molecule has 0 fully saturated rings. The quantitative estimate of drug-likeness (QED) is 0.174. The number of aryl methyl sites for hydroxylation is 2. The molecule has 174 valence electrons. The van der Waals surface area contributed by atoms with Gasteiger partial charge in [-0.15, -0.1) is 10.2 Å². The lowest BCUT2D eigenvalue weighted by molar-refractivity contribution is -0.479. The van der Waals surface area contributed by atoms with Crippen LogP contribution in [0.5, 0.6) is 5.75 Å². The second-order valence-electron chi connectivity index (χ2n) is 7.81. The number of hydrogen-bond acceptors (Lipinski definition) is 6. The van der Waals surface area contributed by atoms with Gasteiger partial charge in [-0.2, -0.15) is 0 Å². The van der Waals surface area contributed by atoms with E-state index in [1.165, 1.54) is 23.9 Å². The number of halogens is 1. The number of nitro groups is 1. The van der Waals surface area contributed by atoms with E-state index in [1.807, 2.05) is 54.8 Å². The molecular weight excluding hydrogens is 455 g/mol. The summed E-state index contributed by atoms with van der Waals surface area (Å²) in [6.45, 7) is 3.90. The lowest BCUT2D eigenvalue weighted by Gasteiger charge is -2.15. The van der Waals surface area contributed by atoms with Crippen molar-refractivity contribution in [1.82, 2.24) is 14.8 Å². The van der Waals surface area contributed by atoms with Gasteiger partial charge < -0.3 is 4.74 Å². The number of ether oxygens (including phenoxy) is 1. The van der Waals surface area contributed by atoms with Crippen molar-refractivity contribution in [2.24, 2.45) is 0 Å². The van der Waals surface area contributed by atoms with Gasteiger partial charge in [-0.1, -0.05) is 53.7 Å². The van der Waals surface area contributed by atoms with Gasteiger partial charge in [0.25, 0.3) is 0 Å². The fourth-order valence-electron chi connectivity index (χ4n) is 3.41. The second kappa shape index (κ2) is 10.5. The Kier molecular flexibility index (Phi) is 7.22. The number of rotatable bonds is 9. The molecule has 0 radical (unpaired) electrons. The minimum atomic E-state index is -0.464. The lowest BCUT2D eigenvalue weighted by atomic mass is 10.1. The Bertz CT molecular complexity index is 1260. The Hall–Kier alpha value is -3.72. The molecule has 0 N–H and O–H groups in total. The summed E-state index contributed by atoms with van der Waals surface area (Å²) < 4.78 is 20.7. The highest BCUT2D eigenvalue weighted by Crippen LogP contribution is 2.36. The molecule has 0 bridgehead atoms. The van der Waals surface area contributed by atoms with Crippen LogP contribution in [0.25, 0.3) is 5.69 Å². The van der Waals surface area contributed by atoms with Crippen LogP contribution in [0.4, 0.5) is 4.39 Å². The maximum absolute atomic E-state index is 13.1. The molecule has 34 heavy (non-hydrogen) atoms. The van der Waals surface area contributed by atoms with E-state index in [0.29, 0.717) is 23.3 Å². The average Bonchev–Trinajstić information content (AvgIpc) is 3.19. The number of thioether (sulfide) groups is 1. The third-order valence-corrected chi connectivity index (χ3v) is 6.40. The van der Waals surface area contributed by atoms with Gasteiger partial charge in [0.2, 0.25) is 6.54 Å². The normalized spacial score (nSPS) is 11.9. The van der Waals surface area contributed by atoms with Gasteiger partial charge in [-0.05, 0) is 61.4 Å². The van der Waals surface area contributed by atoms with Crippen molar-refractivity contribution in [2.45, 2.75) is 30.9 Å². The maximum Gasteiger partial charge on any atom is 0.220 e. The summed E-state index contributed by atoms with van der Waals surface area (Å²) in [5, 5.41) is 20.0. The highest BCUT2D eigenvalue weighted by Gasteiger charge is 2.24. The Morgan fingerprint density at radius 1 is 1.00 bits per heavy atom. The van der Waals surface area contributed by atoms with Gasteiger partial charge in [-0.25, -0.2) is 4.39 Å². The highest BCUT2D eigenvalue weighted by atomic mass is 32.2. The summed E-state index contributed by atoms with van der Waals surface area (Å²) in [5.41, 5.74) is 3.67. The third kappa shape index (κ3) is 5.79. The van der Waals surface area contributed by atoms with Crippen molar-refractivity contribution in [3.05, 3.63) is 111 Å². The molecule has 0 aliphatic heterocycles. The summed E-state index contributed by atoms with van der Waals surface area (Å²) in [6, 6.07) is 21.3. The van der Waals surface area contributed by atoms with Gasteiger partial charge >= 0.3 is 0 Å². The zero-order valence-corrected chi connectivity index (χ0v) is 19.5. The van der Waals surface area contributed by atoms with Crippen molar-refractivity contribution < 1.29 is 14.1 Å². The Morgan fingerprint density at radius 2 is 1.68 bits per heavy atom. The van der Waals surface area contributed by atoms with Crippen molar-refractivity contribution in [3.63, 3.8) is 0 Å². The van der Waals surface area contributed by atoms with E-state index in [2.05, 4.69) is 10.2 Å². The fraction of sp³-hybridized carbons (Fsp3) is 0.200. The van der Waals surface area contributed by atoms with Crippen molar-refractivity contribution in [1.29, 1.82) is 0 Å². The van der Waals surface area contributed by atoms with Crippen LogP contribution >= 0.6 is 11.8 Å². The Balaban J connectivity index is 1.52. The largest absolute Gasteiger partial charge is 0.489 e. The van der Waals surface area contributed by atoms with E-state index >= 15 is 0 Å². The summed E-state index contributed by atoms with van der Waals surface area (Å²) in [4.78, 5) is 11.1. The van der Waals surface area contributed by atoms with E-state index in [4.69, 9.17) is 4.74 Å². The van der Waals surface area contributed by atoms with E-state index in [-0.39, 0.29) is 17.3 Å². The van der Waals surface area contributed by atoms with E-state index < -0.39 is 5.25 Å². The zero-order chi connectivity index (χ0) is 24.1. The first-order valence-electron chi connectivity index (χ1n) is 10.6. The summed E-state index contributed by atoms with van der Waals surface area (Å²) >= 11 is 1.31. The van der Waals surface area contributed by atoms with E-state index in [9.17, 15) is 14.5 Å². The molecule has 0 saturated heterocycles. The molecule has 0 spiro atoms. The number of nitrogens with zero attached hydrogens (tertiary/aromatic N) is 4. The number of hydrogen-bond donors (Lipinski definition) is 0. The molecule has 0 aliphatic carbocycles. The summed E-state index contributed by atoms with van der Waals surface area (Å²) in [5.74, 6) is 1.03. The first-order chi connectivity index (χ1) is 16.4. The third-order valence-electron chi connectivity index (χ3n) is 5.22. The number of aromatic nitrogens is 3. The standard InChI is InChI=1S/C25H23FN4O3S/c1-17-3-11-22(12-4-17)30-18(2)27-28-25(30)34-24(15-29(31)32)20-7-13-23(14-8-20)33-16-19-5-9-21(26)10-6-19/h3-14,24H,15-16H2,1-2H3/t24-/m0/s1. The van der Waals surface area contributed by atoms with E-state index in [0.717, 1.165) is 22.4 Å². The Morgan fingerprint density at radius 3 is 2.32 bits per heavy atom. The SMILES string of the molecule is Cc1ccc(-n2c(C)nnc2S[C@@H](C[N+](=O)[O-])c2ccc(OCc3ccc(F)cc3)cc2)cc1. The Labute approximate surface area is 200 Å². The van der Waals surface area contributed by atoms with E-state index in [1.54, 1.807) is 24.3 Å². The fourth-order valence-corrected chi connectivity index (χ4v) is 4.58. The van der Waals surface area contributed by atoms with Crippen LogP contribution in [0.1, 0.15) is 27.8 Å². The molecule has 1 heterocycles. The van der Waals surface area contributed by atoms with Crippen molar-refractivity contribution >= 4 is 11.8 Å². The van der Waals surface area contributed by atoms with Gasteiger partial charge in [0.05, 0.1) is 0 Å². The van der Waals surface area contributed by atoms with Gasteiger partial charge in [0.1, 0.15) is 29.2 Å². The summed E-state index contributed by atoms with van der Waals surface area (Å²) in [6.07, 6.45) is 0. The predicted molar refractivity (Wildman–Crippen MR) is 128 cm³/mol. The van der Waals surface area contributed by atoms with Gasteiger partial charge in [0.15, 0.2) is 5.16 Å². The molecule has 0 saturated carbocycles. The first-order valence-corrected chi connectivity index (χ1v) is 11.5. The monoisotopic (exact) mass is 478 g/mol. The second-order valence-corrected chi connectivity index (χ2v) is 8.98. The van der Waals surface area contributed by atoms with Crippen LogP contribution in [-0.4, -0.2) is 26.2 Å². The minimum Gasteiger partial charge on any atom is -0.489 e. The van der Waals surface area contributed by atoms with Crippen LogP contribution in [0.3, 0.4) is 0 Å². The van der Waals surface area contributed by atoms with Crippen LogP contribution in [-0.2, 0) is 6.61 Å². The topological polar surface area (TPSA) is 83.1 Å². The molecule has 4 rings (SSSR count). The van der Waals surface area contributed by atoms with Crippen molar-refractivity contribution in [2.75, 3.05) is 6.54 Å². The zero-order valence-electron chi connectivity index (χ0n) is 18.7. The highest BCUT2D eigenvalue weighted by molar-refractivity contribution is 7.99. The van der Waals surface area contributed by atoms with Crippen molar-refractivity contribution in [3.8, 4) is 11.4 Å². The molecule has 9 heteroatoms. The minimum absolute atomic E-state index is 0.264. The molecule has 0 aliphatic rings. The van der Waals surface area contributed by atoms with Crippen LogP contribution in [0, 0.1) is 29.8 Å². The average molecular weight is 479 g/mol. The summed E-state index contributed by atoms with van der Waals surface area (Å²) in [7, 11) is 0. The molecular formula is C25H23FN4O3S. The lowest BCUT2D eigenvalue weighted by Crippen LogP contribution is -2.11. The smallest absolute Gasteiger partial charge is 0.220 e. The maximum atomic E-state index is 13.1. The number of benzene rings is 3. The molecule has 7 nitrogen and oxygen atoms in total. The first kappa shape index (κ1) is 23.4.